The molecule has 1 fully saturated rings. The number of nitrogens with one attached hydrogen (secondary N) is 1. The van der Waals surface area contributed by atoms with E-state index in [1.165, 1.54) is 12.6 Å². The van der Waals surface area contributed by atoms with Crippen LogP contribution in [0.5, 0.6) is 5.75 Å². The molecule has 2 atom stereocenters. The number of nitrogens with zero attached hydrogens (tertiary/aromatic N) is 3. The van der Waals surface area contributed by atoms with Crippen molar-refractivity contribution in [3.8, 4) is 16.9 Å². The van der Waals surface area contributed by atoms with Crippen LogP contribution in [0.15, 0.2) is 48.8 Å². The summed E-state index contributed by atoms with van der Waals surface area (Å²) < 4.78 is 22.3. The molecular formula is C27H26ClFN4O2. The molecule has 2 aliphatic rings. The molecule has 2 aliphatic heterocycles. The van der Waals surface area contributed by atoms with E-state index in [0.29, 0.717) is 35.2 Å². The lowest BCUT2D eigenvalue weighted by atomic mass is 9.89. The number of likely N-dealkylation sites (N-methyl/N-ethyl adjacent to an activating group) is 1. The molecule has 4 heterocycles. The second-order valence-electron chi connectivity index (χ2n) is 9.63. The van der Waals surface area contributed by atoms with Crippen LogP contribution in [0, 0.1) is 11.9 Å². The van der Waals surface area contributed by atoms with Gasteiger partial charge in [-0.1, -0.05) is 23.7 Å². The van der Waals surface area contributed by atoms with E-state index in [-0.39, 0.29) is 11.7 Å². The van der Waals surface area contributed by atoms with Gasteiger partial charge < -0.3 is 14.2 Å². The van der Waals surface area contributed by atoms with Gasteiger partial charge in [0.1, 0.15) is 5.75 Å². The molecule has 6 rings (SSSR count). The van der Waals surface area contributed by atoms with Crippen LogP contribution in [0.25, 0.3) is 22.0 Å². The fourth-order valence-electron chi connectivity index (χ4n) is 5.47. The summed E-state index contributed by atoms with van der Waals surface area (Å²) in [5.41, 5.74) is 3.70. The zero-order chi connectivity index (χ0) is 24.1. The Bertz CT molecular complexity index is 1430. The Morgan fingerprint density at radius 3 is 2.94 bits per heavy atom. The minimum atomic E-state index is -0.467. The number of rotatable bonds is 5. The topological polar surface area (TPSA) is 63.1 Å². The van der Waals surface area contributed by atoms with E-state index in [2.05, 4.69) is 26.7 Å². The molecule has 2 aromatic carbocycles. The molecule has 0 amide bonds. The van der Waals surface area contributed by atoms with Gasteiger partial charge in [0.2, 0.25) is 5.95 Å². The molecule has 35 heavy (non-hydrogen) atoms. The molecule has 2 unspecified atom stereocenters. The Kier molecular flexibility index (Phi) is 5.61. The van der Waals surface area contributed by atoms with E-state index in [9.17, 15) is 9.18 Å². The highest BCUT2D eigenvalue weighted by molar-refractivity contribution is 6.30. The number of halogens is 2. The second kappa shape index (κ2) is 8.81. The minimum Gasteiger partial charge on any atom is -0.493 e. The van der Waals surface area contributed by atoms with Gasteiger partial charge in [0.15, 0.2) is 5.78 Å². The number of aromatic amines is 1. The molecule has 0 saturated carbocycles. The fourth-order valence-corrected chi connectivity index (χ4v) is 5.66. The third kappa shape index (κ3) is 4.02. The van der Waals surface area contributed by atoms with Crippen molar-refractivity contribution < 1.29 is 13.9 Å². The number of likely N-dealkylation sites (tertiary alicyclic amines) is 1. The van der Waals surface area contributed by atoms with Gasteiger partial charge in [-0.15, -0.1) is 0 Å². The van der Waals surface area contributed by atoms with Gasteiger partial charge in [-0.25, -0.2) is 0 Å². The first-order valence-corrected chi connectivity index (χ1v) is 12.3. The summed E-state index contributed by atoms with van der Waals surface area (Å²) >= 11 is 6.18. The predicted octanol–water partition coefficient (Wildman–Crippen LogP) is 5.35. The quantitative estimate of drug-likeness (QED) is 0.381. The lowest BCUT2D eigenvalue weighted by molar-refractivity contribution is 0.0856. The number of ether oxygens (including phenoxy) is 1. The van der Waals surface area contributed by atoms with Crippen molar-refractivity contribution in [2.24, 2.45) is 5.92 Å². The lowest BCUT2D eigenvalue weighted by Gasteiger charge is -2.24. The molecule has 2 aromatic heterocycles. The summed E-state index contributed by atoms with van der Waals surface area (Å²) in [6, 6.07) is 11.7. The van der Waals surface area contributed by atoms with Gasteiger partial charge in [0, 0.05) is 40.3 Å². The molecule has 0 radical (unpaired) electrons. The van der Waals surface area contributed by atoms with E-state index in [4.69, 9.17) is 16.3 Å². The van der Waals surface area contributed by atoms with Gasteiger partial charge in [0.05, 0.1) is 24.3 Å². The summed E-state index contributed by atoms with van der Waals surface area (Å²) in [4.78, 5) is 16.1. The largest absolute Gasteiger partial charge is 0.493 e. The monoisotopic (exact) mass is 492 g/mol. The Hall–Kier alpha value is -3.16. The normalized spacial score (nSPS) is 20.2. The zero-order valence-corrected chi connectivity index (χ0v) is 20.2. The summed E-state index contributed by atoms with van der Waals surface area (Å²) in [7, 11) is 2.14. The molecular weight excluding hydrogens is 467 g/mol. The van der Waals surface area contributed by atoms with Crippen LogP contribution >= 0.6 is 11.6 Å². The smallest absolute Gasteiger partial charge is 0.216 e. The van der Waals surface area contributed by atoms with Gasteiger partial charge in [-0.2, -0.15) is 9.49 Å². The van der Waals surface area contributed by atoms with Crippen molar-refractivity contribution in [3.63, 3.8) is 0 Å². The van der Waals surface area contributed by atoms with Crippen LogP contribution in [0.1, 0.15) is 28.8 Å². The van der Waals surface area contributed by atoms with E-state index in [1.807, 2.05) is 36.5 Å². The third-order valence-corrected chi connectivity index (χ3v) is 7.67. The van der Waals surface area contributed by atoms with Crippen molar-refractivity contribution in [2.45, 2.75) is 31.8 Å². The number of Topliss-reactive ketones (excluding diaryl/α,β-unsaturated/α-hetero) is 1. The van der Waals surface area contributed by atoms with Gasteiger partial charge in [-0.05, 0) is 68.2 Å². The number of fused-ring (bicyclic) bond motifs is 2. The minimum absolute atomic E-state index is 0.0568. The van der Waals surface area contributed by atoms with E-state index in [1.54, 1.807) is 6.07 Å². The van der Waals surface area contributed by atoms with E-state index >= 15 is 0 Å². The Balaban J connectivity index is 1.39. The number of hydrogen-bond acceptors (Lipinski definition) is 4. The average molecular weight is 493 g/mol. The van der Waals surface area contributed by atoms with Crippen LogP contribution in [0.3, 0.4) is 0 Å². The summed E-state index contributed by atoms with van der Waals surface area (Å²) in [5, 5.41) is 7.70. The summed E-state index contributed by atoms with van der Waals surface area (Å²) in [6.45, 7) is 2.18. The lowest BCUT2D eigenvalue weighted by Crippen LogP contribution is -2.29. The number of benzene rings is 2. The molecule has 1 saturated heterocycles. The highest BCUT2D eigenvalue weighted by Gasteiger charge is 2.30. The molecule has 0 bridgehead atoms. The van der Waals surface area contributed by atoms with Gasteiger partial charge >= 0.3 is 0 Å². The number of hydrogen-bond donors (Lipinski definition) is 1. The summed E-state index contributed by atoms with van der Waals surface area (Å²) in [6.07, 6.45) is 6.33. The van der Waals surface area contributed by atoms with Crippen molar-refractivity contribution in [2.75, 3.05) is 20.2 Å². The molecule has 4 aromatic rings. The SMILES string of the molecule is CN1CCCC1Cn1cc(C(=O)C2COc3ccc(Cl)cc3C2)c2ccc(-c3cn[nH]c3F)cc21. The van der Waals surface area contributed by atoms with Crippen LogP contribution in [0.4, 0.5) is 4.39 Å². The van der Waals surface area contributed by atoms with Crippen LogP contribution in [0.2, 0.25) is 5.02 Å². The Labute approximate surface area is 207 Å². The first-order chi connectivity index (χ1) is 17.0. The van der Waals surface area contributed by atoms with Crippen molar-refractivity contribution in [1.82, 2.24) is 19.7 Å². The Morgan fingerprint density at radius 2 is 2.17 bits per heavy atom. The maximum atomic E-state index is 14.2. The third-order valence-electron chi connectivity index (χ3n) is 7.43. The molecule has 1 N–H and O–H groups in total. The molecule has 180 valence electrons. The van der Waals surface area contributed by atoms with E-state index in [0.717, 1.165) is 47.3 Å². The van der Waals surface area contributed by atoms with Crippen LogP contribution in [-0.2, 0) is 13.0 Å². The maximum absolute atomic E-state index is 14.2. The van der Waals surface area contributed by atoms with Gasteiger partial charge in [0.25, 0.3) is 0 Å². The first kappa shape index (κ1) is 22.3. The standard InChI is InChI=1S/C27H26ClFN4O2/c1-32-8-2-3-20(32)13-33-14-23(21-6-4-16(11-24(21)33)22-12-30-31-27(22)29)26(34)18-9-17-10-19(28)5-7-25(17)35-15-18/h4-7,10-12,14,18,20H,2-3,8-9,13,15H2,1H3,(H,30,31). The van der Waals surface area contributed by atoms with Crippen molar-refractivity contribution in [3.05, 3.63) is 70.9 Å². The molecule has 8 heteroatoms. The van der Waals surface area contributed by atoms with E-state index < -0.39 is 5.95 Å². The number of aromatic nitrogens is 3. The number of carbonyl (C=O) groups is 1. The predicted molar refractivity (Wildman–Crippen MR) is 134 cm³/mol. The maximum Gasteiger partial charge on any atom is 0.216 e. The van der Waals surface area contributed by atoms with Crippen molar-refractivity contribution >= 4 is 28.3 Å². The highest BCUT2D eigenvalue weighted by atomic mass is 35.5. The number of carbonyl (C=O) groups excluding carboxylic acids is 1. The molecule has 6 nitrogen and oxygen atoms in total. The first-order valence-electron chi connectivity index (χ1n) is 12.0. The summed E-state index contributed by atoms with van der Waals surface area (Å²) in [5.74, 6) is 0.0875. The Morgan fingerprint density at radius 1 is 1.29 bits per heavy atom. The number of H-pyrrole nitrogens is 1. The second-order valence-corrected chi connectivity index (χ2v) is 10.1. The number of ketones is 1. The fraction of sp³-hybridized carbons (Fsp3) is 0.333. The van der Waals surface area contributed by atoms with Crippen molar-refractivity contribution in [1.29, 1.82) is 0 Å². The molecule has 0 spiro atoms. The average Bonchev–Trinajstić information content (AvgIpc) is 3.57. The van der Waals surface area contributed by atoms with Crippen LogP contribution < -0.4 is 4.74 Å². The van der Waals surface area contributed by atoms with Crippen LogP contribution in [-0.4, -0.2) is 51.7 Å². The zero-order valence-electron chi connectivity index (χ0n) is 19.4. The molecule has 0 aliphatic carbocycles. The highest BCUT2D eigenvalue weighted by Crippen LogP contribution is 2.34. The van der Waals surface area contributed by atoms with Gasteiger partial charge in [-0.3, -0.25) is 9.89 Å².